The van der Waals surface area contributed by atoms with Crippen LogP contribution in [0.4, 0.5) is 0 Å². The Hall–Kier alpha value is -1.02. The first-order valence-corrected chi connectivity index (χ1v) is 7.22. The number of nitrogens with one attached hydrogen (secondary N) is 1. The van der Waals surface area contributed by atoms with E-state index in [0.29, 0.717) is 6.04 Å². The highest BCUT2D eigenvalue weighted by Gasteiger charge is 2.31. The number of rotatable bonds is 3. The van der Waals surface area contributed by atoms with Crippen LogP contribution < -0.4 is 10.1 Å². The van der Waals surface area contributed by atoms with E-state index in [9.17, 15) is 0 Å². The molecule has 1 N–H and O–H groups in total. The molecule has 1 aliphatic heterocycles. The topological polar surface area (TPSA) is 21.3 Å². The van der Waals surface area contributed by atoms with Crippen molar-refractivity contribution in [3.05, 3.63) is 29.3 Å². The quantitative estimate of drug-likeness (QED) is 0.882. The molecule has 0 amide bonds. The molecule has 1 aromatic carbocycles. The van der Waals surface area contributed by atoms with Crippen LogP contribution in [0.3, 0.4) is 0 Å². The maximum atomic E-state index is 5.59. The first-order chi connectivity index (χ1) is 8.79. The van der Waals surface area contributed by atoms with Crippen molar-refractivity contribution in [1.29, 1.82) is 0 Å². The Kier molecular flexibility index (Phi) is 3.29. The van der Waals surface area contributed by atoms with Crippen molar-refractivity contribution in [1.82, 2.24) is 5.32 Å². The molecule has 1 heterocycles. The Bertz CT molecular complexity index is 429. The normalized spacial score (nSPS) is 27.9. The van der Waals surface area contributed by atoms with E-state index in [2.05, 4.69) is 37.5 Å². The maximum Gasteiger partial charge on any atom is 0.122 e. The molecule has 98 valence electrons. The second kappa shape index (κ2) is 4.93. The van der Waals surface area contributed by atoms with Crippen molar-refractivity contribution >= 4 is 0 Å². The molecule has 1 saturated carbocycles. The number of hydrogen-bond donors (Lipinski definition) is 1. The van der Waals surface area contributed by atoms with E-state index in [4.69, 9.17) is 4.74 Å². The fourth-order valence-corrected chi connectivity index (χ4v) is 3.70. The molecule has 1 fully saturated rings. The number of ether oxygens (including phenoxy) is 1. The fourth-order valence-electron chi connectivity index (χ4n) is 3.70. The Morgan fingerprint density at radius 1 is 1.33 bits per heavy atom. The summed E-state index contributed by atoms with van der Waals surface area (Å²) in [4.78, 5) is 0. The lowest BCUT2D eigenvalue weighted by Crippen LogP contribution is -2.26. The zero-order chi connectivity index (χ0) is 12.5. The van der Waals surface area contributed by atoms with Crippen molar-refractivity contribution in [2.75, 3.05) is 13.7 Å². The van der Waals surface area contributed by atoms with Crippen molar-refractivity contribution < 1.29 is 4.74 Å². The predicted molar refractivity (Wildman–Crippen MR) is 73.9 cm³/mol. The minimum Gasteiger partial charge on any atom is -0.493 e. The lowest BCUT2D eigenvalue weighted by Gasteiger charge is -2.27. The summed E-state index contributed by atoms with van der Waals surface area (Å²) >= 11 is 0. The highest BCUT2D eigenvalue weighted by atomic mass is 16.5. The van der Waals surface area contributed by atoms with Gasteiger partial charge in [0, 0.05) is 12.5 Å². The van der Waals surface area contributed by atoms with Crippen LogP contribution in [-0.4, -0.2) is 13.7 Å². The average Bonchev–Trinajstić information content (AvgIpc) is 2.99. The SMILES string of the molecule is CNC(c1ccc2c(c1)CCO2)C1CCCC1C. The molecule has 0 spiro atoms. The zero-order valence-corrected chi connectivity index (χ0v) is 11.4. The maximum absolute atomic E-state index is 5.59. The molecule has 2 heteroatoms. The molecule has 3 unspecified atom stereocenters. The van der Waals surface area contributed by atoms with Crippen molar-refractivity contribution in [2.24, 2.45) is 11.8 Å². The van der Waals surface area contributed by atoms with Crippen LogP contribution >= 0.6 is 0 Å². The third-order valence-corrected chi connectivity index (χ3v) is 4.74. The summed E-state index contributed by atoms with van der Waals surface area (Å²) in [6.07, 6.45) is 5.20. The molecule has 0 aromatic heterocycles. The molecule has 0 saturated heterocycles. The van der Waals surface area contributed by atoms with Gasteiger partial charge in [-0.2, -0.15) is 0 Å². The molecule has 18 heavy (non-hydrogen) atoms. The summed E-state index contributed by atoms with van der Waals surface area (Å²) in [7, 11) is 2.10. The van der Waals surface area contributed by atoms with Crippen LogP contribution in [0.25, 0.3) is 0 Å². The molecular formula is C16H23NO. The lowest BCUT2D eigenvalue weighted by atomic mass is 9.85. The van der Waals surface area contributed by atoms with Gasteiger partial charge in [-0.1, -0.05) is 31.9 Å². The van der Waals surface area contributed by atoms with Crippen LogP contribution in [0.5, 0.6) is 5.75 Å². The van der Waals surface area contributed by atoms with Gasteiger partial charge in [-0.3, -0.25) is 0 Å². The molecule has 1 aromatic rings. The van der Waals surface area contributed by atoms with Crippen LogP contribution in [0.1, 0.15) is 43.4 Å². The smallest absolute Gasteiger partial charge is 0.122 e. The van der Waals surface area contributed by atoms with Gasteiger partial charge in [0.15, 0.2) is 0 Å². The molecule has 2 nitrogen and oxygen atoms in total. The molecular weight excluding hydrogens is 222 g/mol. The van der Waals surface area contributed by atoms with E-state index in [1.807, 2.05) is 0 Å². The second-order valence-corrected chi connectivity index (χ2v) is 5.80. The third kappa shape index (κ3) is 2.03. The number of fused-ring (bicyclic) bond motifs is 1. The standard InChI is InChI=1S/C16H23NO/c1-11-4-3-5-14(11)16(17-2)13-6-7-15-12(10-13)8-9-18-15/h6-7,10-11,14,16-17H,3-5,8-9H2,1-2H3. The van der Waals surface area contributed by atoms with Crippen LogP contribution in [0.15, 0.2) is 18.2 Å². The molecule has 2 aliphatic rings. The Morgan fingerprint density at radius 3 is 2.94 bits per heavy atom. The molecule has 0 bridgehead atoms. The van der Waals surface area contributed by atoms with Crippen LogP contribution in [-0.2, 0) is 6.42 Å². The minimum atomic E-state index is 0.508. The van der Waals surface area contributed by atoms with E-state index in [1.54, 1.807) is 0 Å². The summed E-state index contributed by atoms with van der Waals surface area (Å²) in [5.74, 6) is 2.72. The van der Waals surface area contributed by atoms with Gasteiger partial charge in [0.2, 0.25) is 0 Å². The van der Waals surface area contributed by atoms with Crippen molar-refractivity contribution in [3.63, 3.8) is 0 Å². The largest absolute Gasteiger partial charge is 0.493 e. The van der Waals surface area contributed by atoms with Gasteiger partial charge in [-0.05, 0) is 42.5 Å². The fraction of sp³-hybridized carbons (Fsp3) is 0.625. The summed E-state index contributed by atoms with van der Waals surface area (Å²) in [5.41, 5.74) is 2.83. The lowest BCUT2D eigenvalue weighted by molar-refractivity contribution is 0.315. The molecule has 0 radical (unpaired) electrons. The van der Waals surface area contributed by atoms with Crippen LogP contribution in [0, 0.1) is 11.8 Å². The average molecular weight is 245 g/mol. The third-order valence-electron chi connectivity index (χ3n) is 4.74. The van der Waals surface area contributed by atoms with Crippen LogP contribution in [0.2, 0.25) is 0 Å². The Morgan fingerprint density at radius 2 is 2.22 bits per heavy atom. The van der Waals surface area contributed by atoms with Gasteiger partial charge in [0.05, 0.1) is 6.61 Å². The zero-order valence-electron chi connectivity index (χ0n) is 11.4. The monoisotopic (exact) mass is 245 g/mol. The van der Waals surface area contributed by atoms with E-state index in [1.165, 1.54) is 30.4 Å². The van der Waals surface area contributed by atoms with E-state index < -0.39 is 0 Å². The predicted octanol–water partition coefficient (Wildman–Crippen LogP) is 3.32. The van der Waals surface area contributed by atoms with Gasteiger partial charge in [-0.25, -0.2) is 0 Å². The second-order valence-electron chi connectivity index (χ2n) is 5.80. The van der Waals surface area contributed by atoms with Gasteiger partial charge in [0.25, 0.3) is 0 Å². The Labute approximate surface area is 110 Å². The van der Waals surface area contributed by atoms with Crippen molar-refractivity contribution in [3.8, 4) is 5.75 Å². The molecule has 3 rings (SSSR count). The minimum absolute atomic E-state index is 0.508. The van der Waals surface area contributed by atoms with E-state index in [0.717, 1.165) is 30.6 Å². The number of hydrogen-bond acceptors (Lipinski definition) is 2. The van der Waals surface area contributed by atoms with Gasteiger partial charge < -0.3 is 10.1 Å². The van der Waals surface area contributed by atoms with Gasteiger partial charge in [0.1, 0.15) is 5.75 Å². The summed E-state index contributed by atoms with van der Waals surface area (Å²) in [6.45, 7) is 3.25. The first kappa shape index (κ1) is 12.0. The Balaban J connectivity index is 1.87. The summed E-state index contributed by atoms with van der Waals surface area (Å²) in [6, 6.07) is 7.26. The summed E-state index contributed by atoms with van der Waals surface area (Å²) < 4.78 is 5.59. The number of benzene rings is 1. The van der Waals surface area contributed by atoms with Gasteiger partial charge >= 0.3 is 0 Å². The molecule has 3 atom stereocenters. The first-order valence-electron chi connectivity index (χ1n) is 7.22. The van der Waals surface area contributed by atoms with Gasteiger partial charge in [-0.15, -0.1) is 0 Å². The van der Waals surface area contributed by atoms with E-state index >= 15 is 0 Å². The summed E-state index contributed by atoms with van der Waals surface area (Å²) in [5, 5.41) is 3.54. The molecule has 1 aliphatic carbocycles. The van der Waals surface area contributed by atoms with Crippen molar-refractivity contribution in [2.45, 2.75) is 38.6 Å². The highest BCUT2D eigenvalue weighted by Crippen LogP contribution is 2.41. The highest BCUT2D eigenvalue weighted by molar-refractivity contribution is 5.41. The van der Waals surface area contributed by atoms with E-state index in [-0.39, 0.29) is 0 Å².